The average Bonchev–Trinajstić information content (AvgIpc) is 3.88. The van der Waals surface area contributed by atoms with E-state index in [-0.39, 0.29) is 0 Å². The fourth-order valence-electron chi connectivity index (χ4n) is 9.00. The van der Waals surface area contributed by atoms with Crippen molar-refractivity contribution in [1.29, 1.82) is 0 Å². The maximum absolute atomic E-state index is 6.45. The normalized spacial score (nSPS) is 11.5. The zero-order chi connectivity index (χ0) is 41.0. The van der Waals surface area contributed by atoms with E-state index in [1.807, 2.05) is 18.2 Å². The van der Waals surface area contributed by atoms with Crippen molar-refractivity contribution in [2.45, 2.75) is 0 Å². The number of fused-ring (bicyclic) bond motifs is 6. The number of furan rings is 1. The van der Waals surface area contributed by atoms with Gasteiger partial charge >= 0.3 is 0 Å². The predicted octanol–water partition coefficient (Wildman–Crippen LogP) is 15.5. The molecule has 0 saturated carbocycles. The van der Waals surface area contributed by atoms with E-state index in [0.717, 1.165) is 117 Å². The van der Waals surface area contributed by atoms with E-state index in [2.05, 4.69) is 211 Å². The standard InChI is InChI=1S/C58H37N3O/c1-5-17-38(18-6-1)43-32-50(40-21-9-3-10-22-40)59-52(34-43)42-29-30-55(49(31-42)53-35-44(39-19-7-2-8-20-39)33-51(60-53)41-23-11-4-12-24-41)61-54-27-15-13-25-45(54)47-37-58-48(36-56(47)61)46-26-14-16-28-57(46)62-58/h1-37H. The highest BCUT2D eigenvalue weighted by Crippen LogP contribution is 2.42. The maximum Gasteiger partial charge on any atom is 0.136 e. The molecule has 12 rings (SSSR count). The molecule has 4 heteroatoms. The molecule has 0 fully saturated rings. The van der Waals surface area contributed by atoms with Crippen molar-refractivity contribution in [3.05, 3.63) is 224 Å². The van der Waals surface area contributed by atoms with Gasteiger partial charge in [-0.2, -0.15) is 0 Å². The summed E-state index contributed by atoms with van der Waals surface area (Å²) in [6, 6.07) is 79.2. The Bertz CT molecular complexity index is 3490. The molecule has 8 aromatic carbocycles. The fourth-order valence-corrected chi connectivity index (χ4v) is 9.00. The molecular formula is C58H37N3O. The smallest absolute Gasteiger partial charge is 0.136 e. The number of aromatic nitrogens is 3. The third kappa shape index (κ3) is 6.16. The van der Waals surface area contributed by atoms with E-state index >= 15 is 0 Å². The predicted molar refractivity (Wildman–Crippen MR) is 256 cm³/mol. The zero-order valence-electron chi connectivity index (χ0n) is 33.6. The van der Waals surface area contributed by atoms with Gasteiger partial charge in [0.1, 0.15) is 11.2 Å². The Morgan fingerprint density at radius 2 is 0.790 bits per heavy atom. The Morgan fingerprint density at radius 1 is 0.290 bits per heavy atom. The Morgan fingerprint density at radius 3 is 1.42 bits per heavy atom. The van der Waals surface area contributed by atoms with Gasteiger partial charge in [-0.05, 0) is 82.9 Å². The van der Waals surface area contributed by atoms with Crippen molar-refractivity contribution in [3.63, 3.8) is 0 Å². The SMILES string of the molecule is c1ccc(-c2cc(-c3ccccc3)nc(-c3ccc(-n4c5ccccc5c5cc6oc7ccccc7c6cc54)c(-c4cc(-c5ccccc5)cc(-c5ccccc5)n4)c3)c2)cc1. The number of rotatable bonds is 7. The summed E-state index contributed by atoms with van der Waals surface area (Å²) in [5.74, 6) is 0. The highest BCUT2D eigenvalue weighted by atomic mass is 16.3. The summed E-state index contributed by atoms with van der Waals surface area (Å²) in [7, 11) is 0. The number of para-hydroxylation sites is 2. The van der Waals surface area contributed by atoms with E-state index in [0.29, 0.717) is 0 Å². The number of benzene rings is 8. The summed E-state index contributed by atoms with van der Waals surface area (Å²) in [5.41, 5.74) is 17.1. The summed E-state index contributed by atoms with van der Waals surface area (Å²) in [6.45, 7) is 0. The second kappa shape index (κ2) is 14.7. The van der Waals surface area contributed by atoms with Gasteiger partial charge in [-0.1, -0.05) is 164 Å². The maximum atomic E-state index is 6.45. The quantitative estimate of drug-likeness (QED) is 0.161. The van der Waals surface area contributed by atoms with Gasteiger partial charge in [0.15, 0.2) is 0 Å². The Hall–Kier alpha value is -8.34. The Labute approximate surface area is 358 Å². The topological polar surface area (TPSA) is 43.9 Å². The summed E-state index contributed by atoms with van der Waals surface area (Å²) in [6.07, 6.45) is 0. The molecule has 0 N–H and O–H groups in total. The van der Waals surface area contributed by atoms with Crippen LogP contribution < -0.4 is 0 Å². The fraction of sp³-hybridized carbons (Fsp3) is 0. The van der Waals surface area contributed by atoms with Crippen LogP contribution in [-0.4, -0.2) is 14.5 Å². The van der Waals surface area contributed by atoms with Crippen LogP contribution in [0, 0.1) is 0 Å². The van der Waals surface area contributed by atoms with Crippen LogP contribution in [0.3, 0.4) is 0 Å². The van der Waals surface area contributed by atoms with Crippen molar-refractivity contribution >= 4 is 43.7 Å². The summed E-state index contributed by atoms with van der Waals surface area (Å²) < 4.78 is 8.86. The second-order valence-corrected chi connectivity index (χ2v) is 15.8. The van der Waals surface area contributed by atoms with Crippen LogP contribution in [-0.2, 0) is 0 Å². The van der Waals surface area contributed by atoms with Gasteiger partial charge in [0, 0.05) is 43.8 Å². The molecule has 0 atom stereocenters. The van der Waals surface area contributed by atoms with Crippen molar-refractivity contribution in [3.8, 4) is 73.0 Å². The lowest BCUT2D eigenvalue weighted by atomic mass is 9.96. The van der Waals surface area contributed by atoms with Gasteiger partial charge in [0.05, 0.1) is 39.5 Å². The highest BCUT2D eigenvalue weighted by molar-refractivity contribution is 6.17. The highest BCUT2D eigenvalue weighted by Gasteiger charge is 2.21. The van der Waals surface area contributed by atoms with Gasteiger partial charge in [-0.3, -0.25) is 0 Å². The van der Waals surface area contributed by atoms with Crippen LogP contribution in [0.15, 0.2) is 229 Å². The molecule has 290 valence electrons. The van der Waals surface area contributed by atoms with E-state index < -0.39 is 0 Å². The van der Waals surface area contributed by atoms with Crippen LogP contribution >= 0.6 is 0 Å². The minimum absolute atomic E-state index is 0.866. The van der Waals surface area contributed by atoms with Crippen LogP contribution in [0.1, 0.15) is 0 Å². The first-order chi connectivity index (χ1) is 30.7. The van der Waals surface area contributed by atoms with E-state index in [9.17, 15) is 0 Å². The average molecular weight is 792 g/mol. The van der Waals surface area contributed by atoms with Gasteiger partial charge in [-0.15, -0.1) is 0 Å². The minimum atomic E-state index is 0.866. The number of hydrogen-bond donors (Lipinski definition) is 0. The Kier molecular flexibility index (Phi) is 8.46. The van der Waals surface area contributed by atoms with E-state index in [1.54, 1.807) is 0 Å². The van der Waals surface area contributed by atoms with E-state index in [1.165, 1.54) is 0 Å². The molecule has 0 unspecified atom stereocenters. The molecule has 0 bridgehead atoms. The lowest BCUT2D eigenvalue weighted by Gasteiger charge is -2.18. The van der Waals surface area contributed by atoms with Crippen molar-refractivity contribution in [2.75, 3.05) is 0 Å². The van der Waals surface area contributed by atoms with Crippen LogP contribution in [0.5, 0.6) is 0 Å². The lowest BCUT2D eigenvalue weighted by molar-refractivity contribution is 0.669. The van der Waals surface area contributed by atoms with Gasteiger partial charge < -0.3 is 8.98 Å². The van der Waals surface area contributed by atoms with E-state index in [4.69, 9.17) is 14.4 Å². The first-order valence-electron chi connectivity index (χ1n) is 21.0. The molecule has 4 nitrogen and oxygen atoms in total. The molecule has 4 heterocycles. The molecule has 0 amide bonds. The first-order valence-corrected chi connectivity index (χ1v) is 21.0. The monoisotopic (exact) mass is 791 g/mol. The van der Waals surface area contributed by atoms with Crippen LogP contribution in [0.2, 0.25) is 0 Å². The number of pyridine rings is 2. The summed E-state index contributed by atoms with van der Waals surface area (Å²) >= 11 is 0. The Balaban J connectivity index is 1.17. The van der Waals surface area contributed by atoms with Gasteiger partial charge in [-0.25, -0.2) is 9.97 Å². The summed E-state index contributed by atoms with van der Waals surface area (Å²) in [5, 5.41) is 4.46. The van der Waals surface area contributed by atoms with Crippen molar-refractivity contribution in [1.82, 2.24) is 14.5 Å². The molecule has 0 spiro atoms. The van der Waals surface area contributed by atoms with Gasteiger partial charge in [0.25, 0.3) is 0 Å². The molecule has 0 radical (unpaired) electrons. The largest absolute Gasteiger partial charge is 0.456 e. The minimum Gasteiger partial charge on any atom is -0.456 e. The molecule has 12 aromatic rings. The van der Waals surface area contributed by atoms with Crippen LogP contribution in [0.4, 0.5) is 0 Å². The van der Waals surface area contributed by atoms with Crippen molar-refractivity contribution in [2.24, 2.45) is 0 Å². The zero-order valence-corrected chi connectivity index (χ0v) is 33.6. The van der Waals surface area contributed by atoms with Crippen molar-refractivity contribution < 1.29 is 4.42 Å². The first kappa shape index (κ1) is 35.6. The lowest BCUT2D eigenvalue weighted by Crippen LogP contribution is -2.01. The molecule has 0 aliphatic carbocycles. The molecule has 0 saturated heterocycles. The third-order valence-electron chi connectivity index (χ3n) is 12.0. The number of hydrogen-bond acceptors (Lipinski definition) is 3. The molecule has 62 heavy (non-hydrogen) atoms. The number of nitrogens with zero attached hydrogens (tertiary/aromatic N) is 3. The molecule has 0 aliphatic rings. The summed E-state index contributed by atoms with van der Waals surface area (Å²) in [4.78, 5) is 10.9. The molecule has 0 aliphatic heterocycles. The molecule has 4 aromatic heterocycles. The van der Waals surface area contributed by atoms with Crippen LogP contribution in [0.25, 0.3) is 117 Å². The van der Waals surface area contributed by atoms with Gasteiger partial charge in [0.2, 0.25) is 0 Å². The second-order valence-electron chi connectivity index (χ2n) is 15.8. The third-order valence-corrected chi connectivity index (χ3v) is 12.0. The molecular weight excluding hydrogens is 755 g/mol.